The van der Waals surface area contributed by atoms with Crippen LogP contribution < -0.4 is 10.4 Å². The molecule has 0 N–H and O–H groups in total. The van der Waals surface area contributed by atoms with Crippen molar-refractivity contribution >= 4 is 17.2 Å². The summed E-state index contributed by atoms with van der Waals surface area (Å²) in [6, 6.07) is 6.70. The molecule has 0 heterocycles. The Morgan fingerprint density at radius 2 is 1.95 bits per heavy atom. The number of rotatable bonds is 0. The summed E-state index contributed by atoms with van der Waals surface area (Å²) in [7, 11) is 0. The zero-order valence-corrected chi connectivity index (χ0v) is 11.1. The van der Waals surface area contributed by atoms with E-state index in [0.29, 0.717) is 0 Å². The Morgan fingerprint density at radius 1 is 0.950 bits per heavy atom. The van der Waals surface area contributed by atoms with Crippen LogP contribution >= 0.6 is 0 Å². The minimum atomic E-state index is -0.00725. The topological polar surface area (TPSA) is 0 Å². The molecule has 1 aromatic rings. The van der Waals surface area contributed by atoms with E-state index in [-0.39, 0.29) is 5.41 Å². The number of allylic oxidation sites excluding steroid dienone is 9. The van der Waals surface area contributed by atoms with Gasteiger partial charge >= 0.3 is 0 Å². The summed E-state index contributed by atoms with van der Waals surface area (Å²) in [5, 5.41) is 2.89. The molecule has 0 aliphatic heterocycles. The van der Waals surface area contributed by atoms with E-state index in [1.54, 1.807) is 5.57 Å². The van der Waals surface area contributed by atoms with Crippen molar-refractivity contribution in [1.82, 2.24) is 0 Å². The largest absolute Gasteiger partial charge is 0.0798 e. The highest BCUT2D eigenvalue weighted by molar-refractivity contribution is 5.93. The zero-order valence-electron chi connectivity index (χ0n) is 11.1. The molecular weight excluding hydrogens is 240 g/mol. The summed E-state index contributed by atoms with van der Waals surface area (Å²) < 4.78 is 0. The van der Waals surface area contributed by atoms with Gasteiger partial charge in [0.15, 0.2) is 0 Å². The SMILES string of the molecule is C1=CC2=CC=CC3=c4cccc5c4=C(CC=C5)C23C=C1. The van der Waals surface area contributed by atoms with Gasteiger partial charge in [-0.05, 0) is 39.1 Å². The van der Waals surface area contributed by atoms with E-state index in [0.717, 1.165) is 6.42 Å². The average molecular weight is 254 g/mol. The van der Waals surface area contributed by atoms with Crippen LogP contribution in [0.1, 0.15) is 12.0 Å². The Labute approximate surface area is 118 Å². The average Bonchev–Trinajstić information content (AvgIpc) is 2.79. The number of hydrogen-bond donors (Lipinski definition) is 0. The quantitative estimate of drug-likeness (QED) is 0.667. The molecule has 0 saturated heterocycles. The summed E-state index contributed by atoms with van der Waals surface area (Å²) in [6.07, 6.45) is 21.4. The molecule has 0 aromatic heterocycles. The third-order valence-electron chi connectivity index (χ3n) is 4.94. The molecule has 0 saturated carbocycles. The Balaban J connectivity index is 2.05. The monoisotopic (exact) mass is 254 g/mol. The summed E-state index contributed by atoms with van der Waals surface area (Å²) in [6.45, 7) is 0. The van der Waals surface area contributed by atoms with Crippen LogP contribution in [0.5, 0.6) is 0 Å². The van der Waals surface area contributed by atoms with Crippen LogP contribution in [0.2, 0.25) is 0 Å². The fraction of sp³-hybridized carbons (Fsp3) is 0.100. The first-order valence-corrected chi connectivity index (χ1v) is 7.20. The van der Waals surface area contributed by atoms with Crippen molar-refractivity contribution in [3.63, 3.8) is 0 Å². The van der Waals surface area contributed by atoms with Crippen LogP contribution in [-0.2, 0) is 0 Å². The van der Waals surface area contributed by atoms with Gasteiger partial charge in [0.1, 0.15) is 0 Å². The van der Waals surface area contributed by atoms with E-state index in [1.165, 1.54) is 27.1 Å². The lowest BCUT2D eigenvalue weighted by Gasteiger charge is -2.37. The van der Waals surface area contributed by atoms with Crippen molar-refractivity contribution in [2.24, 2.45) is 5.41 Å². The second kappa shape index (κ2) is 3.40. The highest BCUT2D eigenvalue weighted by atomic mass is 14.4. The summed E-state index contributed by atoms with van der Waals surface area (Å²) in [4.78, 5) is 0. The van der Waals surface area contributed by atoms with Gasteiger partial charge in [0.2, 0.25) is 0 Å². The first kappa shape index (κ1) is 10.4. The molecule has 4 aliphatic rings. The predicted molar refractivity (Wildman–Crippen MR) is 84.1 cm³/mol. The van der Waals surface area contributed by atoms with Gasteiger partial charge in [-0.1, -0.05) is 72.9 Å². The first-order valence-electron chi connectivity index (χ1n) is 7.20. The van der Waals surface area contributed by atoms with Crippen LogP contribution in [0.25, 0.3) is 17.2 Å². The van der Waals surface area contributed by atoms with Crippen molar-refractivity contribution in [2.75, 3.05) is 0 Å². The van der Waals surface area contributed by atoms with Crippen LogP contribution in [-0.4, -0.2) is 0 Å². The van der Waals surface area contributed by atoms with Crippen molar-refractivity contribution < 1.29 is 0 Å². The molecule has 1 aromatic carbocycles. The molecule has 20 heavy (non-hydrogen) atoms. The fourth-order valence-electron chi connectivity index (χ4n) is 4.17. The van der Waals surface area contributed by atoms with Crippen molar-refractivity contribution in [2.45, 2.75) is 6.42 Å². The highest BCUT2D eigenvalue weighted by Gasteiger charge is 2.43. The van der Waals surface area contributed by atoms with Gasteiger partial charge in [0, 0.05) is 0 Å². The Morgan fingerprint density at radius 3 is 2.95 bits per heavy atom. The van der Waals surface area contributed by atoms with E-state index in [9.17, 15) is 0 Å². The molecule has 5 rings (SSSR count). The maximum atomic E-state index is 2.38. The molecule has 1 atom stereocenters. The minimum absolute atomic E-state index is 0.00725. The Bertz CT molecular complexity index is 913. The van der Waals surface area contributed by atoms with Gasteiger partial charge in [-0.2, -0.15) is 0 Å². The van der Waals surface area contributed by atoms with E-state index in [4.69, 9.17) is 0 Å². The lowest BCUT2D eigenvalue weighted by molar-refractivity contribution is 0.801. The molecule has 0 nitrogen and oxygen atoms in total. The smallest absolute Gasteiger partial charge is 0.0613 e. The maximum Gasteiger partial charge on any atom is 0.0613 e. The standard InChI is InChI=1S/C20H14/c1-2-13-20-15(8-1)9-5-11-17(20)16-10-3-6-14-7-4-12-18(20)19(14)16/h1-11,13H,12H2. The van der Waals surface area contributed by atoms with Gasteiger partial charge in [0.25, 0.3) is 0 Å². The van der Waals surface area contributed by atoms with Gasteiger partial charge in [-0.15, -0.1) is 0 Å². The normalized spacial score (nSPS) is 27.3. The minimum Gasteiger partial charge on any atom is -0.0798 e. The third kappa shape index (κ3) is 1.01. The zero-order chi connectivity index (χ0) is 13.2. The summed E-state index contributed by atoms with van der Waals surface area (Å²) in [5.74, 6) is 0. The van der Waals surface area contributed by atoms with E-state index < -0.39 is 0 Å². The van der Waals surface area contributed by atoms with Gasteiger partial charge in [-0.25, -0.2) is 0 Å². The molecule has 1 unspecified atom stereocenters. The van der Waals surface area contributed by atoms with E-state index in [2.05, 4.69) is 72.9 Å². The van der Waals surface area contributed by atoms with Crippen LogP contribution in [0.3, 0.4) is 0 Å². The summed E-state index contributed by atoms with van der Waals surface area (Å²) >= 11 is 0. The Hall–Kier alpha value is -2.34. The van der Waals surface area contributed by atoms with Gasteiger partial charge in [0.05, 0.1) is 5.41 Å². The molecule has 0 radical (unpaired) electrons. The third-order valence-corrected chi connectivity index (χ3v) is 4.94. The van der Waals surface area contributed by atoms with Crippen molar-refractivity contribution in [1.29, 1.82) is 0 Å². The summed E-state index contributed by atoms with van der Waals surface area (Å²) in [5.41, 5.74) is 5.77. The molecule has 0 amide bonds. The van der Waals surface area contributed by atoms with Gasteiger partial charge in [-0.3, -0.25) is 0 Å². The molecule has 0 bridgehead atoms. The van der Waals surface area contributed by atoms with Crippen molar-refractivity contribution in [3.05, 3.63) is 88.4 Å². The van der Waals surface area contributed by atoms with Crippen LogP contribution in [0.4, 0.5) is 0 Å². The first-order chi connectivity index (χ1) is 9.91. The number of benzene rings is 1. The molecular formula is C20H14. The van der Waals surface area contributed by atoms with E-state index in [1.807, 2.05) is 0 Å². The fourth-order valence-corrected chi connectivity index (χ4v) is 4.17. The van der Waals surface area contributed by atoms with Crippen molar-refractivity contribution in [3.8, 4) is 0 Å². The lowest BCUT2D eigenvalue weighted by atomic mass is 9.65. The van der Waals surface area contributed by atoms with Gasteiger partial charge < -0.3 is 0 Å². The number of hydrogen-bond acceptors (Lipinski definition) is 0. The second-order valence-corrected chi connectivity index (χ2v) is 5.78. The molecule has 0 heteroatoms. The molecule has 4 aliphatic carbocycles. The molecule has 1 spiro atoms. The maximum absolute atomic E-state index is 2.38. The second-order valence-electron chi connectivity index (χ2n) is 5.78. The molecule has 0 fully saturated rings. The van der Waals surface area contributed by atoms with E-state index >= 15 is 0 Å². The lowest BCUT2D eigenvalue weighted by Crippen LogP contribution is -2.28. The van der Waals surface area contributed by atoms with Crippen LogP contribution in [0, 0.1) is 5.41 Å². The van der Waals surface area contributed by atoms with Crippen LogP contribution in [0.15, 0.2) is 72.4 Å². The Kier molecular flexibility index (Phi) is 1.78. The predicted octanol–water partition coefficient (Wildman–Crippen LogP) is 3.03. The molecule has 94 valence electrons. The highest BCUT2D eigenvalue weighted by Crippen LogP contribution is 2.52.